The van der Waals surface area contributed by atoms with E-state index in [1.165, 1.54) is 103 Å². The van der Waals surface area contributed by atoms with Crippen molar-refractivity contribution in [1.29, 1.82) is 0 Å². The van der Waals surface area contributed by atoms with Gasteiger partial charge < -0.3 is 14.6 Å². The number of hydrogen-bond donors (Lipinski definition) is 1. The Morgan fingerprint density at radius 1 is 0.645 bits per heavy atom. The van der Waals surface area contributed by atoms with Crippen molar-refractivity contribution in [1.82, 2.24) is 0 Å². The first-order chi connectivity index (χ1) is 15.2. The molecule has 0 rings (SSSR count). The number of esters is 1. The van der Waals surface area contributed by atoms with E-state index in [2.05, 4.69) is 13.8 Å². The predicted molar refractivity (Wildman–Crippen MR) is 131 cm³/mol. The van der Waals surface area contributed by atoms with E-state index in [-0.39, 0.29) is 12.6 Å². The lowest BCUT2D eigenvalue weighted by Gasteiger charge is -2.15. The van der Waals surface area contributed by atoms with Gasteiger partial charge in [-0.3, -0.25) is 4.79 Å². The molecule has 0 amide bonds. The lowest BCUT2D eigenvalue weighted by molar-refractivity contribution is -0.154. The molecule has 4 nitrogen and oxygen atoms in total. The highest BCUT2D eigenvalue weighted by Crippen LogP contribution is 2.13. The molecule has 0 aromatic rings. The Balaban J connectivity index is 3.42. The summed E-state index contributed by atoms with van der Waals surface area (Å²) in [6, 6.07) is 0. The van der Waals surface area contributed by atoms with Crippen LogP contribution >= 0.6 is 0 Å². The lowest BCUT2D eigenvalue weighted by atomic mass is 10.0. The van der Waals surface area contributed by atoms with Gasteiger partial charge in [-0.2, -0.15) is 0 Å². The molecule has 0 saturated carbocycles. The van der Waals surface area contributed by atoms with Crippen molar-refractivity contribution >= 4 is 5.97 Å². The average molecular weight is 443 g/mol. The van der Waals surface area contributed by atoms with E-state index in [1.54, 1.807) is 0 Å². The first-order valence-corrected chi connectivity index (χ1v) is 13.6. The first kappa shape index (κ1) is 30.4. The van der Waals surface area contributed by atoms with Crippen LogP contribution in [0, 0.1) is 0 Å². The zero-order valence-electron chi connectivity index (χ0n) is 21.0. The molecule has 186 valence electrons. The van der Waals surface area contributed by atoms with Gasteiger partial charge in [-0.15, -0.1) is 0 Å². The van der Waals surface area contributed by atoms with Crippen molar-refractivity contribution in [2.45, 2.75) is 148 Å². The molecule has 0 aromatic heterocycles. The Morgan fingerprint density at radius 3 is 1.52 bits per heavy atom. The molecule has 0 radical (unpaired) electrons. The summed E-state index contributed by atoms with van der Waals surface area (Å²) < 4.78 is 10.9. The van der Waals surface area contributed by atoms with Gasteiger partial charge in [0.2, 0.25) is 0 Å². The molecule has 0 fully saturated rings. The molecule has 0 bridgehead atoms. The first-order valence-electron chi connectivity index (χ1n) is 13.6. The van der Waals surface area contributed by atoms with E-state index in [1.807, 2.05) is 0 Å². The van der Waals surface area contributed by atoms with Crippen molar-refractivity contribution in [2.75, 3.05) is 19.8 Å². The van der Waals surface area contributed by atoms with E-state index in [0.29, 0.717) is 19.6 Å². The van der Waals surface area contributed by atoms with Crippen molar-refractivity contribution in [2.24, 2.45) is 0 Å². The third-order valence-electron chi connectivity index (χ3n) is 5.93. The van der Waals surface area contributed by atoms with Crippen LogP contribution in [0.15, 0.2) is 0 Å². The van der Waals surface area contributed by atoms with Crippen LogP contribution in [0.4, 0.5) is 0 Å². The van der Waals surface area contributed by atoms with Crippen LogP contribution in [0.2, 0.25) is 0 Å². The highest BCUT2D eigenvalue weighted by atomic mass is 16.6. The van der Waals surface area contributed by atoms with Gasteiger partial charge in [0.25, 0.3) is 0 Å². The molecule has 1 atom stereocenters. The number of rotatable bonds is 25. The van der Waals surface area contributed by atoms with Crippen molar-refractivity contribution < 1.29 is 19.4 Å². The number of aliphatic hydroxyl groups is 1. The van der Waals surface area contributed by atoms with Crippen LogP contribution in [-0.2, 0) is 14.3 Å². The zero-order valence-corrected chi connectivity index (χ0v) is 21.0. The zero-order chi connectivity index (χ0) is 22.8. The number of carbonyl (C=O) groups excluding carboxylic acids is 1. The van der Waals surface area contributed by atoms with Gasteiger partial charge in [-0.1, -0.05) is 123 Å². The van der Waals surface area contributed by atoms with Gasteiger partial charge in [-0.25, -0.2) is 0 Å². The number of carbonyl (C=O) groups is 1. The molecular weight excluding hydrogens is 388 g/mol. The fourth-order valence-corrected chi connectivity index (χ4v) is 3.86. The summed E-state index contributed by atoms with van der Waals surface area (Å²) in [4.78, 5) is 12.0. The van der Waals surface area contributed by atoms with Crippen LogP contribution in [0.1, 0.15) is 142 Å². The van der Waals surface area contributed by atoms with Crippen LogP contribution in [0.3, 0.4) is 0 Å². The molecule has 0 spiro atoms. The van der Waals surface area contributed by atoms with Crippen LogP contribution in [0.25, 0.3) is 0 Å². The third kappa shape index (κ3) is 23.9. The standard InChI is InChI=1S/C27H54O4/c1-3-5-7-9-11-12-13-14-15-16-17-18-20-22-27(29)31-26(24-28)25-30-23-21-19-10-8-6-4-2/h26,28H,3-25H2,1-2H3. The SMILES string of the molecule is CCCCCCCCCCCCCCCC(=O)OC(CO)COCCCCCCCC. The maximum absolute atomic E-state index is 12.0. The fraction of sp³-hybridized carbons (Fsp3) is 0.963. The van der Waals surface area contributed by atoms with E-state index in [9.17, 15) is 9.90 Å². The molecule has 31 heavy (non-hydrogen) atoms. The second kappa shape index (κ2) is 25.6. The normalized spacial score (nSPS) is 12.2. The molecule has 0 aliphatic heterocycles. The van der Waals surface area contributed by atoms with Gasteiger partial charge in [0.15, 0.2) is 0 Å². The second-order valence-corrected chi connectivity index (χ2v) is 9.13. The Kier molecular flexibility index (Phi) is 25.1. The smallest absolute Gasteiger partial charge is 0.306 e. The molecule has 1 unspecified atom stereocenters. The Labute approximate surface area is 193 Å². The Morgan fingerprint density at radius 2 is 1.06 bits per heavy atom. The van der Waals surface area contributed by atoms with Crippen molar-refractivity contribution in [3.05, 3.63) is 0 Å². The van der Waals surface area contributed by atoms with Crippen LogP contribution in [-0.4, -0.2) is 37.0 Å². The summed E-state index contributed by atoms with van der Waals surface area (Å²) >= 11 is 0. The molecule has 0 aliphatic carbocycles. The van der Waals surface area contributed by atoms with E-state index >= 15 is 0 Å². The van der Waals surface area contributed by atoms with Crippen molar-refractivity contribution in [3.63, 3.8) is 0 Å². The highest BCUT2D eigenvalue weighted by Gasteiger charge is 2.13. The number of unbranched alkanes of at least 4 members (excludes halogenated alkanes) is 17. The Bertz CT molecular complexity index is 359. The van der Waals surface area contributed by atoms with Crippen LogP contribution in [0.5, 0.6) is 0 Å². The number of ether oxygens (including phenoxy) is 2. The Hall–Kier alpha value is -0.610. The number of hydrogen-bond acceptors (Lipinski definition) is 4. The molecular formula is C27H54O4. The summed E-state index contributed by atoms with van der Waals surface area (Å²) in [5, 5.41) is 9.40. The monoisotopic (exact) mass is 442 g/mol. The van der Waals surface area contributed by atoms with Crippen molar-refractivity contribution in [3.8, 4) is 0 Å². The van der Waals surface area contributed by atoms with Crippen LogP contribution < -0.4 is 0 Å². The average Bonchev–Trinajstić information content (AvgIpc) is 2.77. The minimum atomic E-state index is -0.519. The minimum absolute atomic E-state index is 0.166. The minimum Gasteiger partial charge on any atom is -0.457 e. The summed E-state index contributed by atoms with van der Waals surface area (Å²) in [5.41, 5.74) is 0. The lowest BCUT2D eigenvalue weighted by Crippen LogP contribution is -2.27. The topological polar surface area (TPSA) is 55.8 Å². The highest BCUT2D eigenvalue weighted by molar-refractivity contribution is 5.69. The van der Waals surface area contributed by atoms with Gasteiger partial charge in [0, 0.05) is 13.0 Å². The summed E-state index contributed by atoms with van der Waals surface area (Å²) in [6.07, 6.45) is 24.1. The van der Waals surface area contributed by atoms with Gasteiger partial charge in [-0.05, 0) is 12.8 Å². The predicted octanol–water partition coefficient (Wildman–Crippen LogP) is 7.75. The molecule has 4 heteroatoms. The van der Waals surface area contributed by atoms with E-state index in [4.69, 9.17) is 9.47 Å². The summed E-state index contributed by atoms with van der Waals surface area (Å²) in [5.74, 6) is -0.203. The van der Waals surface area contributed by atoms with E-state index < -0.39 is 6.10 Å². The maximum Gasteiger partial charge on any atom is 0.306 e. The van der Waals surface area contributed by atoms with E-state index in [0.717, 1.165) is 19.3 Å². The molecule has 0 aliphatic rings. The fourth-order valence-electron chi connectivity index (χ4n) is 3.86. The van der Waals surface area contributed by atoms with Gasteiger partial charge in [0.05, 0.1) is 13.2 Å². The molecule has 1 N–H and O–H groups in total. The second-order valence-electron chi connectivity index (χ2n) is 9.13. The van der Waals surface area contributed by atoms with Gasteiger partial charge >= 0.3 is 5.97 Å². The number of aliphatic hydroxyl groups excluding tert-OH is 1. The summed E-state index contributed by atoms with van der Waals surface area (Å²) in [7, 11) is 0. The molecule has 0 heterocycles. The third-order valence-corrected chi connectivity index (χ3v) is 5.93. The van der Waals surface area contributed by atoms with Gasteiger partial charge in [0.1, 0.15) is 6.10 Å². The maximum atomic E-state index is 12.0. The summed E-state index contributed by atoms with van der Waals surface area (Å²) in [6.45, 7) is 5.30. The largest absolute Gasteiger partial charge is 0.457 e. The molecule has 0 aromatic carbocycles. The molecule has 0 saturated heterocycles. The quantitative estimate of drug-likeness (QED) is 0.116.